The lowest BCUT2D eigenvalue weighted by Gasteiger charge is -2.24. The lowest BCUT2D eigenvalue weighted by molar-refractivity contribution is 0.358. The van der Waals surface area contributed by atoms with E-state index in [9.17, 15) is 0 Å². The number of methoxy groups -OCH3 is 3. The Morgan fingerprint density at radius 1 is 0.870 bits per heavy atom. The highest BCUT2D eigenvalue weighted by molar-refractivity contribution is 6.20. The molecule has 1 heterocycles. The van der Waals surface area contributed by atoms with Crippen molar-refractivity contribution >= 4 is 27.2 Å². The third-order valence-corrected chi connectivity index (χ3v) is 4.56. The van der Waals surface area contributed by atoms with Crippen molar-refractivity contribution in [2.24, 2.45) is 0 Å². The zero-order valence-electron chi connectivity index (χ0n) is 13.5. The van der Waals surface area contributed by atoms with Gasteiger partial charge in [-0.3, -0.25) is 0 Å². The molecule has 0 atom stereocenters. The Morgan fingerprint density at radius 3 is 2.43 bits per heavy atom. The van der Waals surface area contributed by atoms with Gasteiger partial charge in [0.05, 0.1) is 21.3 Å². The van der Waals surface area contributed by atoms with Crippen LogP contribution in [0.25, 0.3) is 21.5 Å². The smallest absolute Gasteiger partial charge is 0.169 e. The molecular weight excluding hydrogens is 290 g/mol. The molecule has 4 heteroatoms. The van der Waals surface area contributed by atoms with Crippen molar-refractivity contribution in [3.05, 3.63) is 35.9 Å². The number of hydrogen-bond donors (Lipinski definition) is 1. The molecule has 3 aromatic carbocycles. The molecule has 0 radical (unpaired) electrons. The maximum Gasteiger partial charge on any atom is 0.169 e. The van der Waals surface area contributed by atoms with Gasteiger partial charge in [-0.1, -0.05) is 12.1 Å². The number of benzene rings is 3. The number of hydrogen-bond acceptors (Lipinski definition) is 4. The number of nitrogens with one attached hydrogen (secondary N) is 1. The van der Waals surface area contributed by atoms with E-state index >= 15 is 0 Å². The van der Waals surface area contributed by atoms with Gasteiger partial charge in [0.1, 0.15) is 5.75 Å². The van der Waals surface area contributed by atoms with Gasteiger partial charge >= 0.3 is 0 Å². The van der Waals surface area contributed by atoms with Gasteiger partial charge in [0, 0.05) is 28.4 Å². The molecule has 0 fully saturated rings. The summed E-state index contributed by atoms with van der Waals surface area (Å²) < 4.78 is 16.9. The van der Waals surface area contributed by atoms with Gasteiger partial charge in [0.25, 0.3) is 0 Å². The molecule has 3 aromatic rings. The first-order valence-corrected chi connectivity index (χ1v) is 7.69. The van der Waals surface area contributed by atoms with E-state index in [2.05, 4.69) is 23.5 Å². The summed E-state index contributed by atoms with van der Waals surface area (Å²) in [6.07, 6.45) is 0.963. The minimum absolute atomic E-state index is 0.756. The van der Waals surface area contributed by atoms with Crippen molar-refractivity contribution in [2.45, 2.75) is 6.42 Å². The fourth-order valence-electron chi connectivity index (χ4n) is 3.60. The van der Waals surface area contributed by atoms with Crippen LogP contribution < -0.4 is 19.5 Å². The summed E-state index contributed by atoms with van der Waals surface area (Å²) in [6.45, 7) is 0.924. The monoisotopic (exact) mass is 309 g/mol. The Bertz CT molecular complexity index is 918. The largest absolute Gasteiger partial charge is 0.496 e. The molecule has 1 N–H and O–H groups in total. The van der Waals surface area contributed by atoms with E-state index in [1.807, 2.05) is 12.1 Å². The maximum absolute atomic E-state index is 5.73. The third kappa shape index (κ3) is 1.91. The zero-order chi connectivity index (χ0) is 16.0. The molecule has 4 nitrogen and oxygen atoms in total. The average Bonchev–Trinajstić information content (AvgIpc) is 2.60. The topological polar surface area (TPSA) is 39.7 Å². The van der Waals surface area contributed by atoms with Crippen LogP contribution in [0.1, 0.15) is 5.56 Å². The Kier molecular flexibility index (Phi) is 3.18. The van der Waals surface area contributed by atoms with Crippen molar-refractivity contribution < 1.29 is 14.2 Å². The van der Waals surface area contributed by atoms with E-state index in [0.29, 0.717) is 0 Å². The number of anilines is 1. The molecule has 118 valence electrons. The fraction of sp³-hybridized carbons (Fsp3) is 0.263. The van der Waals surface area contributed by atoms with Crippen molar-refractivity contribution in [3.63, 3.8) is 0 Å². The van der Waals surface area contributed by atoms with Gasteiger partial charge in [0.15, 0.2) is 11.5 Å². The van der Waals surface area contributed by atoms with Gasteiger partial charge in [-0.25, -0.2) is 0 Å². The number of rotatable bonds is 3. The normalized spacial score (nSPS) is 13.0. The predicted molar refractivity (Wildman–Crippen MR) is 93.3 cm³/mol. The SMILES string of the molecule is COc1cc2c3c(cc4cccc(OC)c4c3c1OC)NCC2. The van der Waals surface area contributed by atoms with E-state index in [1.54, 1.807) is 21.3 Å². The second kappa shape index (κ2) is 5.23. The Balaban J connectivity index is 2.31. The summed E-state index contributed by atoms with van der Waals surface area (Å²) in [4.78, 5) is 0. The number of ether oxygens (including phenoxy) is 3. The molecule has 1 aliphatic rings. The van der Waals surface area contributed by atoms with Crippen LogP contribution in [-0.2, 0) is 6.42 Å². The average molecular weight is 309 g/mol. The third-order valence-electron chi connectivity index (χ3n) is 4.56. The van der Waals surface area contributed by atoms with Gasteiger partial charge < -0.3 is 19.5 Å². The van der Waals surface area contributed by atoms with Gasteiger partial charge in [-0.15, -0.1) is 0 Å². The first-order valence-electron chi connectivity index (χ1n) is 7.69. The van der Waals surface area contributed by atoms with Gasteiger partial charge in [-0.05, 0) is 35.6 Å². The summed E-state index contributed by atoms with van der Waals surface area (Å²) in [6, 6.07) is 10.4. The minimum atomic E-state index is 0.756. The Hall–Kier alpha value is -2.62. The first kappa shape index (κ1) is 14.0. The van der Waals surface area contributed by atoms with E-state index in [1.165, 1.54) is 10.9 Å². The molecular formula is C19H19NO3. The Labute approximate surface area is 135 Å². The molecule has 0 amide bonds. The van der Waals surface area contributed by atoms with Crippen LogP contribution in [0, 0.1) is 0 Å². The lowest BCUT2D eigenvalue weighted by Crippen LogP contribution is -2.12. The highest BCUT2D eigenvalue weighted by Gasteiger charge is 2.22. The molecule has 23 heavy (non-hydrogen) atoms. The van der Waals surface area contributed by atoms with Gasteiger partial charge in [-0.2, -0.15) is 0 Å². The van der Waals surface area contributed by atoms with Crippen LogP contribution in [0.15, 0.2) is 30.3 Å². The molecule has 0 aromatic heterocycles. The molecule has 1 aliphatic heterocycles. The summed E-state index contributed by atoms with van der Waals surface area (Å²) in [5, 5.41) is 7.95. The van der Waals surface area contributed by atoms with Crippen LogP contribution in [0.3, 0.4) is 0 Å². The molecule has 0 saturated heterocycles. The van der Waals surface area contributed by atoms with E-state index < -0.39 is 0 Å². The van der Waals surface area contributed by atoms with Crippen molar-refractivity contribution in [3.8, 4) is 17.2 Å². The van der Waals surface area contributed by atoms with E-state index in [-0.39, 0.29) is 0 Å². The molecule has 0 saturated carbocycles. The Morgan fingerprint density at radius 2 is 1.70 bits per heavy atom. The quantitative estimate of drug-likeness (QED) is 0.743. The summed E-state index contributed by atoms with van der Waals surface area (Å²) >= 11 is 0. The summed E-state index contributed by atoms with van der Waals surface area (Å²) in [7, 11) is 5.07. The summed E-state index contributed by atoms with van der Waals surface area (Å²) in [5.41, 5.74) is 2.42. The molecule has 0 aliphatic carbocycles. The van der Waals surface area contributed by atoms with Crippen LogP contribution in [0.2, 0.25) is 0 Å². The van der Waals surface area contributed by atoms with Crippen molar-refractivity contribution in [1.82, 2.24) is 0 Å². The molecule has 0 spiro atoms. The van der Waals surface area contributed by atoms with Crippen molar-refractivity contribution in [2.75, 3.05) is 33.2 Å². The standard InChI is InChI=1S/C19H19NO3/c1-21-14-6-4-5-11-9-13-16-12(7-8-20-13)10-15(22-2)19(23-3)18(16)17(11)14/h4-6,9-10,20H,7-8H2,1-3H3. The molecule has 4 rings (SSSR count). The van der Waals surface area contributed by atoms with Crippen LogP contribution in [-0.4, -0.2) is 27.9 Å². The van der Waals surface area contributed by atoms with E-state index in [0.717, 1.165) is 52.1 Å². The van der Waals surface area contributed by atoms with Crippen LogP contribution in [0.4, 0.5) is 5.69 Å². The molecule has 0 unspecified atom stereocenters. The highest BCUT2D eigenvalue weighted by Crippen LogP contribution is 2.48. The predicted octanol–water partition coefficient (Wildman–Crippen LogP) is 3.99. The zero-order valence-corrected chi connectivity index (χ0v) is 13.5. The maximum atomic E-state index is 5.73. The fourth-order valence-corrected chi connectivity index (χ4v) is 3.60. The minimum Gasteiger partial charge on any atom is -0.496 e. The lowest BCUT2D eigenvalue weighted by atomic mass is 9.91. The second-order valence-corrected chi connectivity index (χ2v) is 5.68. The van der Waals surface area contributed by atoms with E-state index in [4.69, 9.17) is 14.2 Å². The number of fused-ring (bicyclic) bond motifs is 2. The van der Waals surface area contributed by atoms with Gasteiger partial charge in [0.2, 0.25) is 0 Å². The van der Waals surface area contributed by atoms with Crippen molar-refractivity contribution in [1.29, 1.82) is 0 Å². The highest BCUT2D eigenvalue weighted by atomic mass is 16.5. The van der Waals surface area contributed by atoms with Crippen LogP contribution >= 0.6 is 0 Å². The second-order valence-electron chi connectivity index (χ2n) is 5.68. The molecule has 0 bridgehead atoms. The van der Waals surface area contributed by atoms with Crippen LogP contribution in [0.5, 0.6) is 17.2 Å². The first-order chi connectivity index (χ1) is 11.3. The summed E-state index contributed by atoms with van der Waals surface area (Å²) in [5.74, 6) is 2.37.